The van der Waals surface area contributed by atoms with E-state index in [1.165, 1.54) is 0 Å². The normalized spacial score (nSPS) is 22.5. The zero-order chi connectivity index (χ0) is 16.2. The Morgan fingerprint density at radius 3 is 2.96 bits per heavy atom. The molecule has 1 aliphatic heterocycles. The van der Waals surface area contributed by atoms with Crippen molar-refractivity contribution in [2.24, 2.45) is 0 Å². The molecule has 1 N–H and O–H groups in total. The second-order valence-electron chi connectivity index (χ2n) is 6.17. The van der Waals surface area contributed by atoms with Crippen molar-refractivity contribution in [1.29, 1.82) is 0 Å². The van der Waals surface area contributed by atoms with E-state index in [0.717, 1.165) is 18.5 Å². The molecule has 3 rings (SSSR count). The smallest absolute Gasteiger partial charge is 0.224 e. The number of aryl methyl sites for hydroxylation is 1. The van der Waals surface area contributed by atoms with Crippen molar-refractivity contribution in [1.82, 2.24) is 25.0 Å². The average molecular weight is 313 g/mol. The summed E-state index contributed by atoms with van der Waals surface area (Å²) < 4.78 is 1.93. The summed E-state index contributed by atoms with van der Waals surface area (Å²) in [7, 11) is 1.87. The summed E-state index contributed by atoms with van der Waals surface area (Å²) in [5, 5.41) is 7.84. The summed E-state index contributed by atoms with van der Waals surface area (Å²) in [4.78, 5) is 18.2. The predicted molar refractivity (Wildman–Crippen MR) is 87.6 cm³/mol. The molecular weight excluding hydrogens is 290 g/mol. The fraction of sp³-hybridized carbons (Fsp3) is 0.471. The molecular formula is C17H23N5O. The number of likely N-dealkylation sites (N-methyl/N-ethyl adjacent to an activating group) is 1. The van der Waals surface area contributed by atoms with Crippen molar-refractivity contribution in [3.63, 3.8) is 0 Å². The number of rotatable bonds is 6. The van der Waals surface area contributed by atoms with Crippen LogP contribution < -0.4 is 5.32 Å². The van der Waals surface area contributed by atoms with Crippen LogP contribution in [-0.4, -0.2) is 44.7 Å². The van der Waals surface area contributed by atoms with Gasteiger partial charge >= 0.3 is 0 Å². The maximum Gasteiger partial charge on any atom is 0.224 e. The van der Waals surface area contributed by atoms with Crippen LogP contribution in [-0.2, 0) is 11.3 Å². The van der Waals surface area contributed by atoms with Crippen LogP contribution in [0.2, 0.25) is 0 Å². The molecule has 0 aliphatic carbocycles. The van der Waals surface area contributed by atoms with Gasteiger partial charge in [0.25, 0.3) is 0 Å². The number of hydrogen-bond donors (Lipinski definition) is 1. The first-order valence-electron chi connectivity index (χ1n) is 8.04. The number of likely N-dealkylation sites (tertiary alicyclic amines) is 1. The minimum absolute atomic E-state index is 0.0448. The van der Waals surface area contributed by atoms with Crippen molar-refractivity contribution in [3.8, 4) is 0 Å². The molecule has 3 atom stereocenters. The first-order valence-corrected chi connectivity index (χ1v) is 8.04. The predicted octanol–water partition coefficient (Wildman–Crippen LogP) is 1.62. The van der Waals surface area contributed by atoms with Gasteiger partial charge in [-0.3, -0.25) is 14.5 Å². The quantitative estimate of drug-likeness (QED) is 0.880. The molecule has 0 saturated carbocycles. The minimum Gasteiger partial charge on any atom is -0.337 e. The number of nitrogens with zero attached hydrogens (tertiary/aromatic N) is 4. The Kier molecular flexibility index (Phi) is 4.71. The standard InChI is InChI=1S/C17H23N5O/c1-13(6-10-22-9-4-8-19-22)20-15-11-16(23)21(2)17(15)14-5-3-7-18-12-14/h3-5,7-9,12-13,15,17,20H,6,10-11H2,1-2H3/t13-,15+,17-/m0/s1. The van der Waals surface area contributed by atoms with E-state index < -0.39 is 0 Å². The van der Waals surface area contributed by atoms with Crippen LogP contribution >= 0.6 is 0 Å². The lowest BCUT2D eigenvalue weighted by Crippen LogP contribution is -2.40. The second-order valence-corrected chi connectivity index (χ2v) is 6.17. The van der Waals surface area contributed by atoms with E-state index in [2.05, 4.69) is 22.3 Å². The largest absolute Gasteiger partial charge is 0.337 e. The summed E-state index contributed by atoms with van der Waals surface area (Å²) in [6, 6.07) is 6.36. The maximum atomic E-state index is 12.1. The number of aromatic nitrogens is 3. The molecule has 3 heterocycles. The van der Waals surface area contributed by atoms with Crippen LogP contribution in [0.5, 0.6) is 0 Å². The third kappa shape index (κ3) is 3.59. The van der Waals surface area contributed by atoms with Gasteiger partial charge < -0.3 is 10.2 Å². The van der Waals surface area contributed by atoms with Gasteiger partial charge in [0, 0.05) is 56.9 Å². The van der Waals surface area contributed by atoms with Crippen LogP contribution in [0.3, 0.4) is 0 Å². The number of amides is 1. The van der Waals surface area contributed by atoms with Gasteiger partial charge in [-0.15, -0.1) is 0 Å². The highest BCUT2D eigenvalue weighted by Gasteiger charge is 2.38. The molecule has 1 fully saturated rings. The number of carbonyl (C=O) groups excluding carboxylic acids is 1. The molecule has 1 saturated heterocycles. The van der Waals surface area contributed by atoms with E-state index in [9.17, 15) is 4.79 Å². The van der Waals surface area contributed by atoms with Gasteiger partial charge in [-0.2, -0.15) is 5.10 Å². The summed E-state index contributed by atoms with van der Waals surface area (Å²) in [6.45, 7) is 3.03. The summed E-state index contributed by atoms with van der Waals surface area (Å²) in [6.07, 6.45) is 8.87. The fourth-order valence-electron chi connectivity index (χ4n) is 3.23. The lowest BCUT2D eigenvalue weighted by atomic mass is 10.0. The van der Waals surface area contributed by atoms with Crippen molar-refractivity contribution in [3.05, 3.63) is 48.5 Å². The highest BCUT2D eigenvalue weighted by molar-refractivity contribution is 5.80. The van der Waals surface area contributed by atoms with Crippen LogP contribution in [0, 0.1) is 0 Å². The minimum atomic E-state index is 0.0448. The molecule has 6 nitrogen and oxygen atoms in total. The van der Waals surface area contributed by atoms with Crippen molar-refractivity contribution in [2.75, 3.05) is 7.05 Å². The Morgan fingerprint density at radius 2 is 2.26 bits per heavy atom. The number of pyridine rings is 1. The Bertz CT molecular complexity index is 628. The van der Waals surface area contributed by atoms with Crippen molar-refractivity contribution < 1.29 is 4.79 Å². The first kappa shape index (κ1) is 15.7. The van der Waals surface area contributed by atoms with Crippen molar-refractivity contribution >= 4 is 5.91 Å². The third-order valence-corrected chi connectivity index (χ3v) is 4.46. The molecule has 6 heteroatoms. The summed E-state index contributed by atoms with van der Waals surface area (Å²) in [5.74, 6) is 0.177. The number of hydrogen-bond acceptors (Lipinski definition) is 4. The molecule has 2 aromatic heterocycles. The van der Waals surface area contributed by atoms with E-state index in [0.29, 0.717) is 12.5 Å². The van der Waals surface area contributed by atoms with Crippen LogP contribution in [0.15, 0.2) is 43.0 Å². The lowest BCUT2D eigenvalue weighted by molar-refractivity contribution is -0.127. The molecule has 1 amide bonds. The highest BCUT2D eigenvalue weighted by atomic mass is 16.2. The Morgan fingerprint density at radius 1 is 1.39 bits per heavy atom. The molecule has 122 valence electrons. The highest BCUT2D eigenvalue weighted by Crippen LogP contribution is 2.31. The molecule has 0 aromatic carbocycles. The van der Waals surface area contributed by atoms with Crippen molar-refractivity contribution in [2.45, 2.75) is 44.4 Å². The second kappa shape index (κ2) is 6.91. The van der Waals surface area contributed by atoms with Gasteiger partial charge in [-0.1, -0.05) is 6.07 Å². The van der Waals surface area contributed by atoms with Gasteiger partial charge in [-0.05, 0) is 31.0 Å². The SMILES string of the molecule is C[C@@H](CCn1cccn1)N[C@@H]1CC(=O)N(C)[C@H]1c1cccnc1. The molecule has 0 spiro atoms. The Labute approximate surface area is 136 Å². The number of carbonyl (C=O) groups is 1. The number of nitrogens with one attached hydrogen (secondary N) is 1. The zero-order valence-electron chi connectivity index (χ0n) is 13.6. The summed E-state index contributed by atoms with van der Waals surface area (Å²) >= 11 is 0. The van der Waals surface area contributed by atoms with E-state index in [4.69, 9.17) is 0 Å². The fourth-order valence-corrected chi connectivity index (χ4v) is 3.23. The Hall–Kier alpha value is -2.21. The van der Waals surface area contributed by atoms with Gasteiger partial charge in [0.1, 0.15) is 0 Å². The molecule has 2 aromatic rings. The topological polar surface area (TPSA) is 63.1 Å². The Balaban J connectivity index is 1.64. The third-order valence-electron chi connectivity index (χ3n) is 4.46. The molecule has 1 aliphatic rings. The molecule has 0 radical (unpaired) electrons. The van der Waals surface area contributed by atoms with Crippen LogP contribution in [0.4, 0.5) is 0 Å². The van der Waals surface area contributed by atoms with Gasteiger partial charge in [-0.25, -0.2) is 0 Å². The van der Waals surface area contributed by atoms with Gasteiger partial charge in [0.15, 0.2) is 0 Å². The first-order chi connectivity index (χ1) is 11.1. The maximum absolute atomic E-state index is 12.1. The van der Waals surface area contributed by atoms with Crippen LogP contribution in [0.1, 0.15) is 31.4 Å². The van der Waals surface area contributed by atoms with E-state index in [1.54, 1.807) is 12.4 Å². The van der Waals surface area contributed by atoms with Gasteiger partial charge in [0.05, 0.1) is 6.04 Å². The molecule has 0 unspecified atom stereocenters. The molecule has 23 heavy (non-hydrogen) atoms. The van der Waals surface area contributed by atoms with E-state index >= 15 is 0 Å². The average Bonchev–Trinajstić information content (AvgIpc) is 3.15. The zero-order valence-corrected chi connectivity index (χ0v) is 13.6. The van der Waals surface area contributed by atoms with E-state index in [1.807, 2.05) is 47.2 Å². The lowest BCUT2D eigenvalue weighted by Gasteiger charge is -2.28. The summed E-state index contributed by atoms with van der Waals surface area (Å²) in [5.41, 5.74) is 1.08. The monoisotopic (exact) mass is 313 g/mol. The van der Waals surface area contributed by atoms with Gasteiger partial charge in [0.2, 0.25) is 5.91 Å². The van der Waals surface area contributed by atoms with E-state index in [-0.39, 0.29) is 18.0 Å². The van der Waals surface area contributed by atoms with Crippen LogP contribution in [0.25, 0.3) is 0 Å². The molecule has 0 bridgehead atoms.